The van der Waals surface area contributed by atoms with Crippen LogP contribution in [0.2, 0.25) is 0 Å². The molecule has 1 saturated heterocycles. The summed E-state index contributed by atoms with van der Waals surface area (Å²) in [5.41, 5.74) is 4.89. The number of hydrogen-bond donors (Lipinski definition) is 5. The lowest BCUT2D eigenvalue weighted by atomic mass is 9.79. The van der Waals surface area contributed by atoms with Crippen LogP contribution in [0.3, 0.4) is 0 Å². The Balaban J connectivity index is -0.000000756. The van der Waals surface area contributed by atoms with Gasteiger partial charge in [-0.15, -0.1) is 25.5 Å². The van der Waals surface area contributed by atoms with Crippen molar-refractivity contribution in [3.8, 4) is 12.3 Å². The minimum Gasteiger partial charge on any atom is -0.372 e. The second kappa shape index (κ2) is 35.8. The molecule has 0 radical (unpaired) electrons. The normalized spacial score (nSPS) is 22.4. The Morgan fingerprint density at radius 3 is 2.08 bits per heavy atom. The fourth-order valence-corrected chi connectivity index (χ4v) is 6.85. The molecule has 0 spiro atoms. The third-order valence-electron chi connectivity index (χ3n) is 10.6. The first-order valence-electron chi connectivity index (χ1n) is 22.3. The Labute approximate surface area is 368 Å². The van der Waals surface area contributed by atoms with E-state index < -0.39 is 0 Å². The molecule has 0 aromatic heterocycles. The lowest BCUT2D eigenvalue weighted by Gasteiger charge is -2.27. The van der Waals surface area contributed by atoms with Crippen molar-refractivity contribution in [2.45, 2.75) is 158 Å². The topological polar surface area (TPSA) is 146 Å². The number of fused-ring (bicyclic) bond motifs is 1. The van der Waals surface area contributed by atoms with E-state index in [-0.39, 0.29) is 42.3 Å². The highest BCUT2D eigenvalue weighted by molar-refractivity contribution is 5.95. The smallest absolute Gasteiger partial charge is 0.248 e. The molecule has 8 atom stereocenters. The maximum atomic E-state index is 12.6. The van der Waals surface area contributed by atoms with Crippen LogP contribution in [0.15, 0.2) is 61.8 Å². The lowest BCUT2D eigenvalue weighted by Crippen LogP contribution is -2.49. The predicted molar refractivity (Wildman–Crippen MR) is 257 cm³/mol. The summed E-state index contributed by atoms with van der Waals surface area (Å²) < 4.78 is 0. The molecule has 0 aromatic rings. The molecule has 1 heterocycles. The van der Waals surface area contributed by atoms with Crippen molar-refractivity contribution in [1.82, 2.24) is 26.2 Å². The molecule has 1 aliphatic heterocycles. The molecule has 0 bridgehead atoms. The van der Waals surface area contributed by atoms with Crippen LogP contribution in [-0.4, -0.2) is 80.4 Å². The first-order chi connectivity index (χ1) is 28.2. The lowest BCUT2D eigenvalue weighted by molar-refractivity contribution is -0.126. The molecule has 4 amide bonds. The van der Waals surface area contributed by atoms with E-state index in [0.717, 1.165) is 32.2 Å². The first-order valence-corrected chi connectivity index (χ1v) is 22.3. The second-order valence-electron chi connectivity index (χ2n) is 17.5. The van der Waals surface area contributed by atoms with E-state index in [1.807, 2.05) is 40.9 Å². The van der Waals surface area contributed by atoms with Gasteiger partial charge in [-0.05, 0) is 108 Å². The maximum Gasteiger partial charge on any atom is 0.248 e. The highest BCUT2D eigenvalue weighted by atomic mass is 16.2. The third-order valence-corrected chi connectivity index (χ3v) is 10.6. The summed E-state index contributed by atoms with van der Waals surface area (Å²) in [5, 5.41) is 12.0. The van der Waals surface area contributed by atoms with Crippen LogP contribution >= 0.6 is 0 Å². The summed E-state index contributed by atoms with van der Waals surface area (Å²) in [6.07, 6.45) is 26.7. The van der Waals surface area contributed by atoms with Gasteiger partial charge in [0.1, 0.15) is 0 Å². The molecule has 10 nitrogen and oxygen atoms in total. The van der Waals surface area contributed by atoms with Gasteiger partial charge in [0.25, 0.3) is 0 Å². The van der Waals surface area contributed by atoms with Crippen LogP contribution in [0.4, 0.5) is 0 Å². The van der Waals surface area contributed by atoms with Gasteiger partial charge in [0, 0.05) is 37.2 Å². The maximum absolute atomic E-state index is 12.6. The molecule has 2 aliphatic carbocycles. The van der Waals surface area contributed by atoms with Gasteiger partial charge in [-0.1, -0.05) is 111 Å². The van der Waals surface area contributed by atoms with Crippen LogP contribution < -0.4 is 27.0 Å². The van der Waals surface area contributed by atoms with Gasteiger partial charge in [0.2, 0.25) is 24.1 Å². The van der Waals surface area contributed by atoms with Crippen molar-refractivity contribution >= 4 is 24.1 Å². The van der Waals surface area contributed by atoms with Gasteiger partial charge >= 0.3 is 0 Å². The number of carbonyl (C=O) groups excluding carboxylic acids is 4. The summed E-state index contributed by atoms with van der Waals surface area (Å²) >= 11 is 0. The van der Waals surface area contributed by atoms with Gasteiger partial charge in [-0.25, -0.2) is 0 Å². The molecular weight excluding hydrogens is 749 g/mol. The number of likely N-dealkylation sites (N-methyl/N-ethyl adjacent to an activating group) is 2. The quantitative estimate of drug-likeness (QED) is 0.0484. The fraction of sp³-hybridized carbons (Fsp3) is 0.680. The highest BCUT2D eigenvalue weighted by Crippen LogP contribution is 2.48. The Bertz CT molecular complexity index is 1320. The van der Waals surface area contributed by atoms with Crippen molar-refractivity contribution in [2.24, 2.45) is 40.7 Å². The average molecular weight is 839 g/mol. The van der Waals surface area contributed by atoms with Crippen LogP contribution in [-0.2, 0) is 19.2 Å². The van der Waals surface area contributed by atoms with Gasteiger partial charge in [-0.2, -0.15) is 0 Å². The predicted octanol–water partition coefficient (Wildman–Crippen LogP) is 8.52. The van der Waals surface area contributed by atoms with Crippen LogP contribution in [0.1, 0.15) is 134 Å². The van der Waals surface area contributed by atoms with Gasteiger partial charge in [-0.3, -0.25) is 24.1 Å². The summed E-state index contributed by atoms with van der Waals surface area (Å²) in [7, 11) is 4.02. The molecule has 2 fully saturated rings. The minimum atomic E-state index is -0.298. The van der Waals surface area contributed by atoms with E-state index in [4.69, 9.17) is 4.79 Å². The number of likely N-dealkylation sites (tertiary alicyclic amines) is 1. The Morgan fingerprint density at radius 1 is 1.05 bits per heavy atom. The van der Waals surface area contributed by atoms with Crippen LogP contribution in [0.5, 0.6) is 0 Å². The number of piperidine rings is 1. The molecule has 10 heteroatoms. The van der Waals surface area contributed by atoms with E-state index in [1.165, 1.54) is 25.7 Å². The van der Waals surface area contributed by atoms with Crippen LogP contribution in [0, 0.1) is 47.3 Å². The van der Waals surface area contributed by atoms with Gasteiger partial charge in [0.05, 0.1) is 12.1 Å². The van der Waals surface area contributed by atoms with Crippen molar-refractivity contribution in [2.75, 3.05) is 27.2 Å². The van der Waals surface area contributed by atoms with E-state index in [9.17, 15) is 14.4 Å². The fourth-order valence-electron chi connectivity index (χ4n) is 6.85. The number of nitrogens with one attached hydrogen (secondary N) is 4. The molecule has 1 saturated carbocycles. The number of nitrogens with two attached hydrogens (primary N) is 1. The molecule has 3 rings (SSSR count). The van der Waals surface area contributed by atoms with Crippen LogP contribution in [0.25, 0.3) is 0 Å². The molecule has 6 N–H and O–H groups in total. The highest BCUT2D eigenvalue weighted by Gasteiger charge is 2.54. The number of nitrogens with zero attached hydrogens (tertiary/aromatic N) is 1. The summed E-state index contributed by atoms with van der Waals surface area (Å²) in [6.45, 7) is 35.9. The number of terminal acetylenes is 1. The van der Waals surface area contributed by atoms with Crippen molar-refractivity contribution < 1.29 is 19.2 Å². The average Bonchev–Trinajstić information content (AvgIpc) is 3.81. The molecular formula is C50H90N6O4. The summed E-state index contributed by atoms with van der Waals surface area (Å²) in [6, 6.07) is 0.363. The van der Waals surface area contributed by atoms with Crippen molar-refractivity contribution in [3.63, 3.8) is 0 Å². The molecule has 6 unspecified atom stereocenters. The zero-order valence-electron chi connectivity index (χ0n) is 40.4. The van der Waals surface area contributed by atoms with Crippen molar-refractivity contribution in [3.05, 3.63) is 61.8 Å². The van der Waals surface area contributed by atoms with E-state index in [1.54, 1.807) is 13.0 Å². The second-order valence-corrected chi connectivity index (χ2v) is 17.5. The molecule has 3 aliphatic rings. The standard InChI is InChI=1S/C17H27N3O2.C14H23N.C12H25NO.C3H8.C3H4.CH3NO/c1-5-7-14(11(3)16(21)18-8-6-2)19-17(22)15-13-9-12(13)10-20(15)4;1-4-14(15-3)13-10-8-6-5-7-9-12(2)11-13;1-9(2)13-11(14)8-7-10(3)12(4,5)6;2*1-3-2;2-1-3/h6,12-15H,2-3,5,7-10H2,1,4H3,(H,18,21)(H,19,22);4-7,9,12-15H,1,8,10-11H2,2-3H3;9-10H,7-8H2,1-6H3,(H,13,14);3H2,1-2H3;1H,2H3;1H,(H2,2,3)/b;6-5-,9-7-;;;;/t12-,13-,14?,15?;;;;;/m0...../s1. The van der Waals surface area contributed by atoms with Gasteiger partial charge in [0.15, 0.2) is 0 Å². The number of carbonyl (C=O) groups is 4. The molecule has 60 heavy (non-hydrogen) atoms. The number of primary amides is 1. The number of hydrogen-bond acceptors (Lipinski definition) is 6. The van der Waals surface area contributed by atoms with E-state index >= 15 is 0 Å². The Morgan fingerprint density at radius 2 is 1.63 bits per heavy atom. The Kier molecular flexibility index (Phi) is 36.0. The number of amides is 4. The molecule has 344 valence electrons. The Hall–Kier alpha value is -3.94. The van der Waals surface area contributed by atoms with E-state index in [0.29, 0.717) is 59.6 Å². The zero-order valence-corrected chi connectivity index (χ0v) is 40.4. The van der Waals surface area contributed by atoms with E-state index in [2.05, 4.69) is 137 Å². The largest absolute Gasteiger partial charge is 0.372 e. The molecule has 0 aromatic carbocycles. The first kappa shape index (κ1) is 60.4. The summed E-state index contributed by atoms with van der Waals surface area (Å²) in [4.78, 5) is 46.7. The van der Waals surface area contributed by atoms with Crippen molar-refractivity contribution in [1.29, 1.82) is 0 Å². The minimum absolute atomic E-state index is 0.0311. The van der Waals surface area contributed by atoms with Gasteiger partial charge < -0.3 is 27.0 Å². The monoisotopic (exact) mass is 839 g/mol. The number of allylic oxidation sites excluding steroid dienone is 4. The SMILES string of the molecule is C#CC.C=CC(NC)C1CC/C=C\C=C/C(C)C1.C=CCNC(=O)C(=C)C(CCC)NC(=O)C1[C@H]2C[C@H]2CN1C.CC(C)NC(=O)CCC(C)C(C)(C)C.CCC.NC=O. The number of rotatable bonds is 15. The third kappa shape index (κ3) is 28.5. The summed E-state index contributed by atoms with van der Waals surface area (Å²) in [5.74, 6) is 5.37. The zero-order chi connectivity index (χ0) is 46.8.